The Kier molecular flexibility index (Phi) is 4.78. The van der Waals surface area contributed by atoms with E-state index < -0.39 is 0 Å². The number of carbonyl (C=O) groups is 1. The van der Waals surface area contributed by atoms with Gasteiger partial charge in [0.2, 0.25) is 5.91 Å². The Hall–Kier alpha value is -0.570. The van der Waals surface area contributed by atoms with Gasteiger partial charge >= 0.3 is 0 Å². The number of carbonyl (C=O) groups excluding carboxylic acids is 1. The van der Waals surface area contributed by atoms with Crippen LogP contribution in [0.5, 0.6) is 0 Å². The molecule has 0 saturated heterocycles. The highest BCUT2D eigenvalue weighted by molar-refractivity contribution is 5.77. The molecule has 0 spiro atoms. The van der Waals surface area contributed by atoms with Crippen molar-refractivity contribution >= 4 is 5.91 Å². The number of amides is 1. The van der Waals surface area contributed by atoms with Gasteiger partial charge in [-0.3, -0.25) is 4.79 Å². The van der Waals surface area contributed by atoms with Crippen molar-refractivity contribution in [2.45, 2.75) is 58.9 Å². The second-order valence-electron chi connectivity index (χ2n) is 5.99. The maximum absolute atomic E-state index is 12.1. The molecule has 0 unspecified atom stereocenters. The van der Waals surface area contributed by atoms with Crippen LogP contribution >= 0.6 is 0 Å². The van der Waals surface area contributed by atoms with Crippen LogP contribution in [0, 0.1) is 5.41 Å². The molecule has 0 atom stereocenters. The Morgan fingerprint density at radius 1 is 1.38 bits per heavy atom. The van der Waals surface area contributed by atoms with Crippen LogP contribution in [-0.4, -0.2) is 35.1 Å². The van der Waals surface area contributed by atoms with Gasteiger partial charge in [0, 0.05) is 25.6 Å². The first-order valence-corrected chi connectivity index (χ1v) is 6.34. The molecule has 3 nitrogen and oxygen atoms in total. The maximum atomic E-state index is 12.1. The van der Waals surface area contributed by atoms with E-state index in [1.54, 1.807) is 0 Å². The molecular formula is C13H25NO2. The number of nitrogens with zero attached hydrogens (tertiary/aromatic N) is 1. The third kappa shape index (κ3) is 4.12. The minimum absolute atomic E-state index is 0.0539. The standard InChI is InChI=1S/C13H25NO2/c1-13(2,3)10-12(16)14(8-5-9-15)11-6-4-7-11/h11,15H,4-10H2,1-3H3. The predicted octanol–water partition coefficient (Wildman–Crippen LogP) is 2.19. The predicted molar refractivity (Wildman–Crippen MR) is 65.1 cm³/mol. The van der Waals surface area contributed by atoms with Crippen molar-refractivity contribution in [3.63, 3.8) is 0 Å². The molecule has 0 aromatic rings. The van der Waals surface area contributed by atoms with Crippen LogP contribution in [0.2, 0.25) is 0 Å². The van der Waals surface area contributed by atoms with E-state index >= 15 is 0 Å². The van der Waals surface area contributed by atoms with Crippen LogP contribution in [0.1, 0.15) is 52.9 Å². The van der Waals surface area contributed by atoms with Crippen molar-refractivity contribution in [3.05, 3.63) is 0 Å². The van der Waals surface area contributed by atoms with E-state index in [0.29, 0.717) is 18.9 Å². The summed E-state index contributed by atoms with van der Waals surface area (Å²) in [6.07, 6.45) is 4.83. The molecule has 0 aromatic carbocycles. The summed E-state index contributed by atoms with van der Waals surface area (Å²) in [5.74, 6) is 0.255. The van der Waals surface area contributed by atoms with E-state index in [1.807, 2.05) is 4.90 Å². The number of rotatable bonds is 5. The third-order valence-corrected chi connectivity index (χ3v) is 3.07. The molecule has 1 aliphatic carbocycles. The molecule has 1 rings (SSSR count). The van der Waals surface area contributed by atoms with Gasteiger partial charge < -0.3 is 10.0 Å². The van der Waals surface area contributed by atoms with E-state index in [2.05, 4.69) is 20.8 Å². The number of hydrogen-bond donors (Lipinski definition) is 1. The van der Waals surface area contributed by atoms with E-state index in [0.717, 1.165) is 19.4 Å². The van der Waals surface area contributed by atoms with Gasteiger partial charge in [0.05, 0.1) is 0 Å². The average Bonchev–Trinajstić information content (AvgIpc) is 2.05. The average molecular weight is 227 g/mol. The van der Waals surface area contributed by atoms with Crippen molar-refractivity contribution < 1.29 is 9.90 Å². The zero-order valence-corrected chi connectivity index (χ0v) is 10.8. The lowest BCUT2D eigenvalue weighted by molar-refractivity contribution is -0.137. The molecule has 0 heterocycles. The SMILES string of the molecule is CC(C)(C)CC(=O)N(CCCO)C1CCC1. The highest BCUT2D eigenvalue weighted by atomic mass is 16.3. The summed E-state index contributed by atoms with van der Waals surface area (Å²) < 4.78 is 0. The second-order valence-corrected chi connectivity index (χ2v) is 5.99. The summed E-state index contributed by atoms with van der Waals surface area (Å²) in [6, 6.07) is 0.446. The summed E-state index contributed by atoms with van der Waals surface area (Å²) in [7, 11) is 0. The van der Waals surface area contributed by atoms with Gasteiger partial charge in [0.1, 0.15) is 0 Å². The Balaban J connectivity index is 2.50. The van der Waals surface area contributed by atoms with Crippen molar-refractivity contribution in [1.29, 1.82) is 0 Å². The topological polar surface area (TPSA) is 40.5 Å². The van der Waals surface area contributed by atoms with Crippen LogP contribution < -0.4 is 0 Å². The summed E-state index contributed by atoms with van der Waals surface area (Å²) in [5.41, 5.74) is 0.0539. The Bertz CT molecular complexity index is 229. The maximum Gasteiger partial charge on any atom is 0.223 e. The molecule has 1 N–H and O–H groups in total. The molecule has 0 aliphatic heterocycles. The minimum atomic E-state index is 0.0539. The molecular weight excluding hydrogens is 202 g/mol. The molecule has 16 heavy (non-hydrogen) atoms. The van der Waals surface area contributed by atoms with E-state index in [1.165, 1.54) is 6.42 Å². The Morgan fingerprint density at radius 2 is 2.00 bits per heavy atom. The fourth-order valence-corrected chi connectivity index (χ4v) is 2.01. The van der Waals surface area contributed by atoms with E-state index in [9.17, 15) is 4.79 Å². The third-order valence-electron chi connectivity index (χ3n) is 3.07. The van der Waals surface area contributed by atoms with E-state index in [-0.39, 0.29) is 17.9 Å². The summed E-state index contributed by atoms with van der Waals surface area (Å²) in [6.45, 7) is 7.17. The molecule has 0 aromatic heterocycles. The first-order valence-electron chi connectivity index (χ1n) is 6.34. The van der Waals surface area contributed by atoms with Crippen molar-refractivity contribution in [1.82, 2.24) is 4.90 Å². The van der Waals surface area contributed by atoms with Crippen molar-refractivity contribution in [3.8, 4) is 0 Å². The summed E-state index contributed by atoms with van der Waals surface area (Å²) >= 11 is 0. The van der Waals surface area contributed by atoms with Gasteiger partial charge in [-0.05, 0) is 31.1 Å². The fraction of sp³-hybridized carbons (Fsp3) is 0.923. The van der Waals surface area contributed by atoms with Crippen LogP contribution in [0.25, 0.3) is 0 Å². The second kappa shape index (κ2) is 5.67. The lowest BCUT2D eigenvalue weighted by Gasteiger charge is -2.39. The molecule has 1 aliphatic rings. The van der Waals surface area contributed by atoms with Gasteiger partial charge in [0.25, 0.3) is 0 Å². The molecule has 94 valence electrons. The fourth-order valence-electron chi connectivity index (χ4n) is 2.01. The zero-order valence-electron chi connectivity index (χ0n) is 10.8. The minimum Gasteiger partial charge on any atom is -0.396 e. The monoisotopic (exact) mass is 227 g/mol. The quantitative estimate of drug-likeness (QED) is 0.782. The number of hydrogen-bond acceptors (Lipinski definition) is 2. The Morgan fingerprint density at radius 3 is 2.38 bits per heavy atom. The molecule has 1 saturated carbocycles. The molecule has 3 heteroatoms. The van der Waals surface area contributed by atoms with E-state index in [4.69, 9.17) is 5.11 Å². The first-order chi connectivity index (χ1) is 7.44. The van der Waals surface area contributed by atoms with Crippen molar-refractivity contribution in [2.75, 3.05) is 13.2 Å². The molecule has 0 bridgehead atoms. The Labute approximate surface area is 98.8 Å². The zero-order chi connectivity index (χ0) is 12.2. The summed E-state index contributed by atoms with van der Waals surface area (Å²) in [4.78, 5) is 14.1. The van der Waals surface area contributed by atoms with Crippen LogP contribution in [0.15, 0.2) is 0 Å². The largest absolute Gasteiger partial charge is 0.396 e. The van der Waals surface area contributed by atoms with Crippen LogP contribution in [0.4, 0.5) is 0 Å². The molecule has 0 radical (unpaired) electrons. The number of aliphatic hydroxyl groups excluding tert-OH is 1. The van der Waals surface area contributed by atoms with Crippen LogP contribution in [0.3, 0.4) is 0 Å². The highest BCUT2D eigenvalue weighted by Gasteiger charge is 2.30. The van der Waals surface area contributed by atoms with Gasteiger partial charge in [-0.2, -0.15) is 0 Å². The lowest BCUT2D eigenvalue weighted by Crippen LogP contribution is -2.45. The normalized spacial score (nSPS) is 17.0. The van der Waals surface area contributed by atoms with Gasteiger partial charge in [-0.15, -0.1) is 0 Å². The molecule has 1 amide bonds. The first kappa shape index (κ1) is 13.5. The van der Waals surface area contributed by atoms with Gasteiger partial charge in [0.15, 0.2) is 0 Å². The smallest absolute Gasteiger partial charge is 0.223 e. The molecule has 1 fully saturated rings. The van der Waals surface area contributed by atoms with Crippen LogP contribution in [-0.2, 0) is 4.79 Å². The highest BCUT2D eigenvalue weighted by Crippen LogP contribution is 2.28. The van der Waals surface area contributed by atoms with Gasteiger partial charge in [-0.25, -0.2) is 0 Å². The number of aliphatic hydroxyl groups is 1. The van der Waals surface area contributed by atoms with Gasteiger partial charge in [-0.1, -0.05) is 20.8 Å². The lowest BCUT2D eigenvalue weighted by atomic mass is 9.88. The van der Waals surface area contributed by atoms with Crippen molar-refractivity contribution in [2.24, 2.45) is 5.41 Å². The summed E-state index contributed by atoms with van der Waals surface area (Å²) in [5, 5.41) is 8.86.